The van der Waals surface area contributed by atoms with E-state index in [0.717, 1.165) is 5.92 Å². The molecule has 0 nitrogen and oxygen atoms in total. The molecule has 1 aliphatic carbocycles. The van der Waals surface area contributed by atoms with Crippen molar-refractivity contribution in [2.45, 2.75) is 73.1 Å². The summed E-state index contributed by atoms with van der Waals surface area (Å²) in [7, 11) is 0. The van der Waals surface area contributed by atoms with Gasteiger partial charge < -0.3 is 0 Å². The van der Waals surface area contributed by atoms with E-state index in [1.165, 1.54) is 38.5 Å². The zero-order valence-corrected chi connectivity index (χ0v) is 12.0. The quantitative estimate of drug-likeness (QED) is 0.389. The average Bonchev–Trinajstić information content (AvgIpc) is 2.89. The van der Waals surface area contributed by atoms with Crippen molar-refractivity contribution in [3.63, 3.8) is 0 Å². The first kappa shape index (κ1) is 13.8. The van der Waals surface area contributed by atoms with Crippen LogP contribution in [0.25, 0.3) is 0 Å². The fourth-order valence-electron chi connectivity index (χ4n) is 3.03. The highest BCUT2D eigenvalue weighted by Gasteiger charge is 2.57. The van der Waals surface area contributed by atoms with Crippen LogP contribution < -0.4 is 0 Å². The van der Waals surface area contributed by atoms with Crippen molar-refractivity contribution in [2.75, 3.05) is 0 Å². The van der Waals surface area contributed by atoms with E-state index < -0.39 is 0 Å². The monoisotopic (exact) mass is 222 g/mol. The van der Waals surface area contributed by atoms with Crippen LogP contribution in [-0.2, 0) is 0 Å². The van der Waals surface area contributed by atoms with Gasteiger partial charge in [0.15, 0.2) is 0 Å². The van der Waals surface area contributed by atoms with E-state index in [1.54, 1.807) is 0 Å². The predicted octanol–water partition coefficient (Wildman–Crippen LogP) is 5.59. The van der Waals surface area contributed by atoms with Gasteiger partial charge in [-0.05, 0) is 42.9 Å². The Kier molecular flexibility index (Phi) is 4.64. The summed E-state index contributed by atoms with van der Waals surface area (Å²) in [5.41, 5.74) is 1.15. The first-order valence-corrected chi connectivity index (χ1v) is 7.09. The largest absolute Gasteiger partial charge is 0.0917 e. The van der Waals surface area contributed by atoms with Crippen LogP contribution in [0.2, 0.25) is 0 Å². The molecule has 1 rings (SSSR count). The smallest absolute Gasteiger partial charge is 0.0240 e. The molecule has 0 spiro atoms. The van der Waals surface area contributed by atoms with Gasteiger partial charge in [0, 0.05) is 0 Å². The standard InChI is InChI=1S/C16H30/c1-6-8-10-12-15(3,4)16(5)13-14(16)11-9-7-2/h7,9,14H,6,8,10-13H2,1-5H3. The Morgan fingerprint density at radius 2 is 2.00 bits per heavy atom. The molecule has 94 valence electrons. The van der Waals surface area contributed by atoms with Gasteiger partial charge in [-0.15, -0.1) is 0 Å². The molecule has 0 aromatic heterocycles. The molecule has 0 radical (unpaired) electrons. The molecule has 0 saturated heterocycles. The maximum absolute atomic E-state index is 2.51. The molecule has 1 aliphatic rings. The molecule has 0 aliphatic heterocycles. The van der Waals surface area contributed by atoms with Crippen molar-refractivity contribution in [3.05, 3.63) is 12.2 Å². The molecule has 0 heterocycles. The summed E-state index contributed by atoms with van der Waals surface area (Å²) < 4.78 is 0. The number of allylic oxidation sites excluding steroid dienone is 2. The zero-order chi connectivity index (χ0) is 12.2. The summed E-state index contributed by atoms with van der Waals surface area (Å²) in [6.45, 7) is 11.9. The van der Waals surface area contributed by atoms with Crippen LogP contribution in [-0.4, -0.2) is 0 Å². The highest BCUT2D eigenvalue weighted by atomic mass is 14.6. The lowest BCUT2D eigenvalue weighted by molar-refractivity contribution is 0.165. The van der Waals surface area contributed by atoms with Gasteiger partial charge in [-0.25, -0.2) is 0 Å². The summed E-state index contributed by atoms with van der Waals surface area (Å²) in [5.74, 6) is 0.945. The van der Waals surface area contributed by atoms with Crippen LogP contribution in [0.5, 0.6) is 0 Å². The van der Waals surface area contributed by atoms with E-state index in [2.05, 4.69) is 46.8 Å². The predicted molar refractivity (Wildman–Crippen MR) is 73.6 cm³/mol. The van der Waals surface area contributed by atoms with Crippen LogP contribution >= 0.6 is 0 Å². The third-order valence-corrected chi connectivity index (χ3v) is 5.02. The van der Waals surface area contributed by atoms with Crippen molar-refractivity contribution in [1.82, 2.24) is 0 Å². The number of hydrogen-bond acceptors (Lipinski definition) is 0. The van der Waals surface area contributed by atoms with Crippen molar-refractivity contribution < 1.29 is 0 Å². The minimum atomic E-state index is 0.536. The van der Waals surface area contributed by atoms with Gasteiger partial charge in [0.25, 0.3) is 0 Å². The van der Waals surface area contributed by atoms with Crippen LogP contribution in [0, 0.1) is 16.7 Å². The molecule has 1 fully saturated rings. The van der Waals surface area contributed by atoms with E-state index in [0.29, 0.717) is 10.8 Å². The zero-order valence-electron chi connectivity index (χ0n) is 12.0. The third kappa shape index (κ3) is 2.90. The van der Waals surface area contributed by atoms with Gasteiger partial charge >= 0.3 is 0 Å². The topological polar surface area (TPSA) is 0 Å². The Bertz CT molecular complexity index is 236. The van der Waals surface area contributed by atoms with Gasteiger partial charge in [0.05, 0.1) is 0 Å². The Morgan fingerprint density at radius 3 is 2.56 bits per heavy atom. The van der Waals surface area contributed by atoms with Crippen molar-refractivity contribution >= 4 is 0 Å². The number of hydrogen-bond donors (Lipinski definition) is 0. The lowest BCUT2D eigenvalue weighted by Gasteiger charge is -2.33. The number of rotatable bonds is 7. The SMILES string of the molecule is CC=CCC1CC1(C)C(C)(C)CCCCC. The molecule has 0 aromatic carbocycles. The summed E-state index contributed by atoms with van der Waals surface area (Å²) >= 11 is 0. The van der Waals surface area contributed by atoms with Crippen molar-refractivity contribution in [1.29, 1.82) is 0 Å². The molecule has 0 amide bonds. The Morgan fingerprint density at radius 1 is 1.31 bits per heavy atom. The van der Waals surface area contributed by atoms with Crippen LogP contribution in [0.3, 0.4) is 0 Å². The molecule has 0 heteroatoms. The van der Waals surface area contributed by atoms with E-state index in [9.17, 15) is 0 Å². The first-order valence-electron chi connectivity index (χ1n) is 7.09. The van der Waals surface area contributed by atoms with Gasteiger partial charge in [-0.1, -0.05) is 59.1 Å². The molecule has 0 N–H and O–H groups in total. The van der Waals surface area contributed by atoms with Crippen molar-refractivity contribution in [2.24, 2.45) is 16.7 Å². The van der Waals surface area contributed by atoms with E-state index in [-0.39, 0.29) is 0 Å². The van der Waals surface area contributed by atoms with E-state index in [1.807, 2.05) is 0 Å². The second-order valence-electron chi connectivity index (χ2n) is 6.46. The second kappa shape index (κ2) is 5.38. The van der Waals surface area contributed by atoms with Gasteiger partial charge in [-0.3, -0.25) is 0 Å². The summed E-state index contributed by atoms with van der Waals surface area (Å²) in [6.07, 6.45) is 12.8. The van der Waals surface area contributed by atoms with E-state index >= 15 is 0 Å². The van der Waals surface area contributed by atoms with Crippen LogP contribution in [0.15, 0.2) is 12.2 Å². The Balaban J connectivity index is 2.43. The molecule has 1 saturated carbocycles. The normalized spacial score (nSPS) is 29.9. The Labute approximate surface area is 103 Å². The summed E-state index contributed by atoms with van der Waals surface area (Å²) in [4.78, 5) is 0. The molecule has 2 unspecified atom stereocenters. The summed E-state index contributed by atoms with van der Waals surface area (Å²) in [6, 6.07) is 0. The molecule has 0 bridgehead atoms. The maximum atomic E-state index is 2.51. The van der Waals surface area contributed by atoms with Crippen molar-refractivity contribution in [3.8, 4) is 0 Å². The fraction of sp³-hybridized carbons (Fsp3) is 0.875. The first-order chi connectivity index (χ1) is 7.48. The maximum Gasteiger partial charge on any atom is -0.0240 e. The summed E-state index contributed by atoms with van der Waals surface area (Å²) in [5, 5.41) is 0. The highest BCUT2D eigenvalue weighted by Crippen LogP contribution is 2.65. The van der Waals surface area contributed by atoms with Crippen LogP contribution in [0.4, 0.5) is 0 Å². The average molecular weight is 222 g/mol. The van der Waals surface area contributed by atoms with Crippen LogP contribution in [0.1, 0.15) is 73.1 Å². The van der Waals surface area contributed by atoms with Gasteiger partial charge in [0.2, 0.25) is 0 Å². The third-order valence-electron chi connectivity index (χ3n) is 5.02. The Hall–Kier alpha value is -0.260. The lowest BCUT2D eigenvalue weighted by atomic mass is 9.71. The minimum Gasteiger partial charge on any atom is -0.0917 e. The van der Waals surface area contributed by atoms with Gasteiger partial charge in [0.1, 0.15) is 0 Å². The highest BCUT2D eigenvalue weighted by molar-refractivity contribution is 5.09. The number of unbranched alkanes of at least 4 members (excludes halogenated alkanes) is 2. The fourth-order valence-corrected chi connectivity index (χ4v) is 3.03. The molecular formula is C16H30. The molecule has 16 heavy (non-hydrogen) atoms. The van der Waals surface area contributed by atoms with E-state index in [4.69, 9.17) is 0 Å². The lowest BCUT2D eigenvalue weighted by Crippen LogP contribution is -2.24. The second-order valence-corrected chi connectivity index (χ2v) is 6.46. The molecular weight excluding hydrogens is 192 g/mol. The minimum absolute atomic E-state index is 0.536. The molecule has 0 aromatic rings. The van der Waals surface area contributed by atoms with Gasteiger partial charge in [-0.2, -0.15) is 0 Å². The molecule has 2 atom stereocenters.